The molecule has 1 aliphatic heterocycles. The molecular weight excluding hydrogens is 297 g/mol. The molecule has 0 aromatic rings. The van der Waals surface area contributed by atoms with E-state index in [1.165, 1.54) is 57.8 Å². The van der Waals surface area contributed by atoms with Crippen LogP contribution in [-0.2, 0) is 0 Å². The van der Waals surface area contributed by atoms with Gasteiger partial charge in [-0.05, 0) is 38.3 Å². The zero-order valence-corrected chi connectivity index (χ0v) is 12.1. The fourth-order valence-corrected chi connectivity index (χ4v) is 2.86. The van der Waals surface area contributed by atoms with Crippen molar-refractivity contribution in [3.8, 4) is 0 Å². The molecule has 88 valence electrons. The molecule has 15 heavy (non-hydrogen) atoms. The van der Waals surface area contributed by atoms with Crippen molar-refractivity contribution in [2.24, 2.45) is 4.99 Å². The summed E-state index contributed by atoms with van der Waals surface area (Å²) in [5, 5.41) is 0. The van der Waals surface area contributed by atoms with E-state index in [4.69, 9.17) is 0 Å². The van der Waals surface area contributed by atoms with Crippen molar-refractivity contribution in [1.82, 2.24) is 0 Å². The highest BCUT2D eigenvalue weighted by atomic mass is 127. The van der Waals surface area contributed by atoms with Crippen LogP contribution in [0.5, 0.6) is 0 Å². The third kappa shape index (κ3) is 7.31. The van der Waals surface area contributed by atoms with Crippen LogP contribution in [0.3, 0.4) is 0 Å². The van der Waals surface area contributed by atoms with E-state index in [-0.39, 0.29) is 0 Å². The van der Waals surface area contributed by atoms with Crippen molar-refractivity contribution < 1.29 is 0 Å². The highest BCUT2D eigenvalue weighted by Gasteiger charge is 2.18. The van der Waals surface area contributed by atoms with Crippen LogP contribution >= 0.6 is 22.6 Å². The second-order valence-electron chi connectivity index (χ2n) is 4.91. The van der Waals surface area contributed by atoms with Crippen LogP contribution in [0.25, 0.3) is 0 Å². The van der Waals surface area contributed by atoms with Crippen molar-refractivity contribution in [2.45, 2.75) is 68.1 Å². The molecule has 1 aliphatic rings. The SMILES string of the molecule is CC1(I)CCCC=NCCCCCCC1. The Kier molecular flexibility index (Phi) is 6.86. The monoisotopic (exact) mass is 321 g/mol. The number of hydrogen-bond acceptors (Lipinski definition) is 1. The van der Waals surface area contributed by atoms with Crippen LogP contribution in [0, 0.1) is 0 Å². The van der Waals surface area contributed by atoms with E-state index in [2.05, 4.69) is 40.7 Å². The predicted octanol–water partition coefficient (Wildman–Crippen LogP) is 4.78. The van der Waals surface area contributed by atoms with Gasteiger partial charge in [-0.2, -0.15) is 0 Å². The molecule has 0 saturated heterocycles. The normalized spacial score (nSPS) is 31.3. The Balaban J connectivity index is 2.32. The van der Waals surface area contributed by atoms with Crippen molar-refractivity contribution >= 4 is 28.8 Å². The zero-order chi connectivity index (χ0) is 11.0. The third-order valence-electron chi connectivity index (χ3n) is 3.15. The third-order valence-corrected chi connectivity index (χ3v) is 4.22. The molecule has 0 spiro atoms. The lowest BCUT2D eigenvalue weighted by molar-refractivity contribution is 0.507. The molecule has 1 unspecified atom stereocenters. The van der Waals surface area contributed by atoms with Crippen molar-refractivity contribution in [1.29, 1.82) is 0 Å². The van der Waals surface area contributed by atoms with Crippen LogP contribution in [0.4, 0.5) is 0 Å². The molecule has 0 aliphatic carbocycles. The molecule has 0 N–H and O–H groups in total. The van der Waals surface area contributed by atoms with Crippen molar-refractivity contribution in [2.75, 3.05) is 6.54 Å². The Morgan fingerprint density at radius 3 is 2.53 bits per heavy atom. The molecule has 1 heterocycles. The van der Waals surface area contributed by atoms with Gasteiger partial charge in [0.05, 0.1) is 0 Å². The molecule has 0 fully saturated rings. The summed E-state index contributed by atoms with van der Waals surface area (Å²) in [6.07, 6.45) is 14.3. The second kappa shape index (κ2) is 7.64. The first-order valence-electron chi connectivity index (χ1n) is 6.38. The zero-order valence-electron chi connectivity index (χ0n) is 9.97. The minimum absolute atomic E-state index is 0.527. The van der Waals surface area contributed by atoms with Crippen LogP contribution in [0.15, 0.2) is 4.99 Å². The van der Waals surface area contributed by atoms with Gasteiger partial charge in [0.2, 0.25) is 0 Å². The molecule has 1 atom stereocenters. The Morgan fingerprint density at radius 2 is 1.67 bits per heavy atom. The molecule has 0 aromatic carbocycles. The molecule has 0 bridgehead atoms. The van der Waals surface area contributed by atoms with E-state index in [1.54, 1.807) is 0 Å². The summed E-state index contributed by atoms with van der Waals surface area (Å²) >= 11 is 2.65. The highest BCUT2D eigenvalue weighted by molar-refractivity contribution is 14.1. The van der Waals surface area contributed by atoms with Gasteiger partial charge in [0, 0.05) is 9.97 Å². The summed E-state index contributed by atoms with van der Waals surface area (Å²) in [6.45, 7) is 3.46. The van der Waals surface area contributed by atoms with Gasteiger partial charge >= 0.3 is 0 Å². The fraction of sp³-hybridized carbons (Fsp3) is 0.923. The van der Waals surface area contributed by atoms with Crippen LogP contribution < -0.4 is 0 Å². The standard InChI is InChI=1S/C13H24IN/c1-13(14)9-5-3-2-4-7-11-15-12-8-6-10-13/h12H,2-11H2,1H3. The molecule has 0 amide bonds. The first kappa shape index (κ1) is 13.5. The molecule has 0 radical (unpaired) electrons. The van der Waals surface area contributed by atoms with Gasteiger partial charge in [0.1, 0.15) is 0 Å². The Bertz CT molecular complexity index is 187. The maximum absolute atomic E-state index is 4.46. The average Bonchev–Trinajstić information content (AvgIpc) is 2.20. The molecule has 2 heteroatoms. The van der Waals surface area contributed by atoms with Gasteiger partial charge < -0.3 is 0 Å². The molecule has 0 aromatic heterocycles. The summed E-state index contributed by atoms with van der Waals surface area (Å²) in [6, 6.07) is 0. The molecule has 0 saturated carbocycles. The van der Waals surface area contributed by atoms with E-state index >= 15 is 0 Å². The van der Waals surface area contributed by atoms with Gasteiger partial charge in [-0.15, -0.1) is 0 Å². The minimum Gasteiger partial charge on any atom is -0.298 e. The van der Waals surface area contributed by atoms with E-state index in [1.807, 2.05) is 0 Å². The minimum atomic E-state index is 0.527. The fourth-order valence-electron chi connectivity index (χ4n) is 2.10. The van der Waals surface area contributed by atoms with E-state index in [0.29, 0.717) is 3.42 Å². The lowest BCUT2D eigenvalue weighted by atomic mass is 9.97. The van der Waals surface area contributed by atoms with Gasteiger partial charge in [-0.3, -0.25) is 4.99 Å². The summed E-state index contributed by atoms with van der Waals surface area (Å²) in [7, 11) is 0. The number of halogens is 1. The maximum atomic E-state index is 4.46. The lowest BCUT2D eigenvalue weighted by Crippen LogP contribution is -2.14. The Morgan fingerprint density at radius 1 is 1.00 bits per heavy atom. The summed E-state index contributed by atoms with van der Waals surface area (Å²) in [5.41, 5.74) is 0. The number of rotatable bonds is 0. The van der Waals surface area contributed by atoms with Gasteiger partial charge in [0.15, 0.2) is 0 Å². The van der Waals surface area contributed by atoms with Gasteiger partial charge in [-0.1, -0.05) is 55.2 Å². The van der Waals surface area contributed by atoms with E-state index in [0.717, 1.165) is 6.54 Å². The number of aliphatic imine (C=N–C) groups is 1. The predicted molar refractivity (Wildman–Crippen MR) is 77.3 cm³/mol. The second-order valence-corrected chi connectivity index (χ2v) is 7.52. The number of nitrogens with zero attached hydrogens (tertiary/aromatic N) is 1. The van der Waals surface area contributed by atoms with Crippen molar-refractivity contribution in [3.05, 3.63) is 0 Å². The van der Waals surface area contributed by atoms with Crippen LogP contribution in [0.2, 0.25) is 0 Å². The van der Waals surface area contributed by atoms with Crippen LogP contribution in [0.1, 0.15) is 64.7 Å². The van der Waals surface area contributed by atoms with Crippen LogP contribution in [-0.4, -0.2) is 16.2 Å². The van der Waals surface area contributed by atoms with E-state index < -0.39 is 0 Å². The molecule has 1 rings (SSSR count). The number of alkyl halides is 1. The smallest absolute Gasteiger partial charge is 0.0385 e. The highest BCUT2D eigenvalue weighted by Crippen LogP contribution is 2.31. The summed E-state index contributed by atoms with van der Waals surface area (Å²) in [5.74, 6) is 0. The first-order chi connectivity index (χ1) is 7.21. The maximum Gasteiger partial charge on any atom is 0.0385 e. The quantitative estimate of drug-likeness (QED) is 0.450. The Hall–Kier alpha value is 0.400. The van der Waals surface area contributed by atoms with Crippen molar-refractivity contribution in [3.63, 3.8) is 0 Å². The molecule has 1 nitrogen and oxygen atoms in total. The Labute approximate surface area is 108 Å². The van der Waals surface area contributed by atoms with Gasteiger partial charge in [0.25, 0.3) is 0 Å². The van der Waals surface area contributed by atoms with E-state index in [9.17, 15) is 0 Å². The largest absolute Gasteiger partial charge is 0.298 e. The average molecular weight is 321 g/mol. The number of hydrogen-bond donors (Lipinski definition) is 0. The van der Waals surface area contributed by atoms with Gasteiger partial charge in [-0.25, -0.2) is 0 Å². The lowest BCUT2D eigenvalue weighted by Gasteiger charge is -2.22. The summed E-state index contributed by atoms with van der Waals surface area (Å²) < 4.78 is 0.527. The topological polar surface area (TPSA) is 12.4 Å². The first-order valence-corrected chi connectivity index (χ1v) is 7.46. The summed E-state index contributed by atoms with van der Waals surface area (Å²) in [4.78, 5) is 4.46. The molecular formula is C13H24IN.